The molecule has 0 unspecified atom stereocenters. The van der Waals surface area contributed by atoms with E-state index in [4.69, 9.17) is 5.11 Å². The van der Waals surface area contributed by atoms with Gasteiger partial charge in [-0.05, 0) is 6.08 Å². The molecule has 1 N–H and O–H groups in total. The number of hydrogen-bond acceptors (Lipinski definition) is 2. The zero-order valence-electron chi connectivity index (χ0n) is 5.40. The maximum atomic E-state index is 10.9. The Kier molecular flexibility index (Phi) is 2.19. The van der Waals surface area contributed by atoms with Crippen molar-refractivity contribution in [2.45, 2.75) is 4.95 Å². The van der Waals surface area contributed by atoms with E-state index in [2.05, 4.69) is 15.9 Å². The normalized spacial score (nSPS) is 23.2. The van der Waals surface area contributed by atoms with Gasteiger partial charge in [-0.2, -0.15) is 0 Å². The Bertz CT molecular complexity index is 269. The van der Waals surface area contributed by atoms with E-state index in [1.54, 1.807) is 6.08 Å². The molecule has 1 aliphatic heterocycles. The molecule has 0 bridgehead atoms. The lowest BCUT2D eigenvalue weighted by Crippen LogP contribution is -2.22. The molecule has 1 heterocycles. The molecule has 0 saturated carbocycles. The van der Waals surface area contributed by atoms with Gasteiger partial charge in [0.2, 0.25) is 0 Å². The minimum absolute atomic E-state index is 0.255. The van der Waals surface area contributed by atoms with Crippen molar-refractivity contribution in [3.8, 4) is 0 Å². The second-order valence-corrected chi connectivity index (χ2v) is 2.88. The van der Waals surface area contributed by atoms with Crippen molar-refractivity contribution < 1.29 is 14.7 Å². The number of halogens is 1. The van der Waals surface area contributed by atoms with Gasteiger partial charge < -0.3 is 5.11 Å². The zero-order valence-corrected chi connectivity index (χ0v) is 6.98. The van der Waals surface area contributed by atoms with Crippen LogP contribution in [0.4, 0.5) is 0 Å². The summed E-state index contributed by atoms with van der Waals surface area (Å²) in [5.74, 6) is -1.21. The van der Waals surface area contributed by atoms with Gasteiger partial charge in [-0.15, -0.1) is 0 Å². The lowest BCUT2D eigenvalue weighted by atomic mass is 10.3. The number of rotatable bonds is 1. The summed E-state index contributed by atoms with van der Waals surface area (Å²) in [5, 5.41) is 8.46. The summed E-state index contributed by atoms with van der Waals surface area (Å²) in [6, 6.07) is 0. The Morgan fingerprint density at radius 3 is 2.82 bits per heavy atom. The fourth-order valence-electron chi connectivity index (χ4n) is 0.688. The highest BCUT2D eigenvalue weighted by Crippen LogP contribution is 2.14. The third-order valence-corrected chi connectivity index (χ3v) is 1.88. The summed E-state index contributed by atoms with van der Waals surface area (Å²) in [6.07, 6.45) is 4.34. The topological polar surface area (TPSA) is 57.4 Å². The maximum absolute atomic E-state index is 10.9. The summed E-state index contributed by atoms with van der Waals surface area (Å²) in [5.41, 5.74) is -0.255. The number of alkyl halides is 1. The minimum Gasteiger partial charge on any atom is -0.473 e. The van der Waals surface area contributed by atoms with Crippen LogP contribution in [0.25, 0.3) is 0 Å². The molecule has 0 aliphatic carbocycles. The molecule has 1 atom stereocenters. The van der Waals surface area contributed by atoms with Crippen molar-refractivity contribution >= 4 is 21.9 Å². The Hall–Kier alpha value is -0.970. The largest absolute Gasteiger partial charge is 0.473 e. The van der Waals surface area contributed by atoms with Gasteiger partial charge >= 0.3 is 11.7 Å². The van der Waals surface area contributed by atoms with E-state index >= 15 is 0 Å². The average Bonchev–Trinajstić information content (AvgIpc) is 1.94. The smallest absolute Gasteiger partial charge is 0.405 e. The lowest BCUT2D eigenvalue weighted by Gasteiger charge is -1.99. The van der Waals surface area contributed by atoms with Crippen LogP contribution in [-0.2, 0) is 4.79 Å². The molecule has 1 aliphatic rings. The molecule has 4 nitrogen and oxygen atoms in total. The summed E-state index contributed by atoms with van der Waals surface area (Å²) >= 11 is 2.98. The fraction of sp³-hybridized carbons (Fsp3) is 0.167. The zero-order chi connectivity index (χ0) is 8.43. The molecule has 0 radical (unpaired) electrons. The summed E-state index contributed by atoms with van der Waals surface area (Å²) in [7, 11) is 0. The number of aliphatic carboxylic acids is 1. The highest BCUT2D eigenvalue weighted by Gasteiger charge is 2.32. The number of nitrogens with zero attached hydrogens (tertiary/aromatic N) is 1. The Morgan fingerprint density at radius 2 is 2.36 bits per heavy atom. The summed E-state index contributed by atoms with van der Waals surface area (Å²) < 4.78 is 0.391. The van der Waals surface area contributed by atoms with E-state index in [-0.39, 0.29) is 5.70 Å². The van der Waals surface area contributed by atoms with Gasteiger partial charge in [0, 0.05) is 26.9 Å². The van der Waals surface area contributed by atoms with E-state index in [1.165, 1.54) is 12.2 Å². The Labute approximate surface area is 70.9 Å². The van der Waals surface area contributed by atoms with Crippen molar-refractivity contribution in [3.63, 3.8) is 0 Å². The average molecular weight is 219 g/mol. The molecule has 5 heteroatoms. The van der Waals surface area contributed by atoms with Gasteiger partial charge in [0.05, 0.1) is 4.76 Å². The number of carboxylic acids is 1. The van der Waals surface area contributed by atoms with Crippen LogP contribution in [-0.4, -0.2) is 20.8 Å². The molecular formula is C6H5BrNO3+. The first-order valence-corrected chi connectivity index (χ1v) is 3.76. The SMILES string of the molecule is O=C(O)C1=CC=C[C@H](Br)[N+]1=O. The third-order valence-electron chi connectivity index (χ3n) is 1.20. The van der Waals surface area contributed by atoms with E-state index in [9.17, 15) is 9.70 Å². The van der Waals surface area contributed by atoms with Crippen LogP contribution >= 0.6 is 15.9 Å². The molecule has 0 aromatic rings. The molecule has 0 amide bonds. The second-order valence-electron chi connectivity index (χ2n) is 1.94. The van der Waals surface area contributed by atoms with Gasteiger partial charge in [0.1, 0.15) is 0 Å². The van der Waals surface area contributed by atoms with Gasteiger partial charge in [0.25, 0.3) is 4.95 Å². The quantitative estimate of drug-likeness (QED) is 0.407. The van der Waals surface area contributed by atoms with Crippen molar-refractivity contribution in [2.24, 2.45) is 0 Å². The first-order chi connectivity index (χ1) is 5.13. The summed E-state index contributed by atoms with van der Waals surface area (Å²) in [4.78, 5) is 20.7. The van der Waals surface area contributed by atoms with Gasteiger partial charge in [-0.25, -0.2) is 4.79 Å². The molecule has 0 saturated heterocycles. The molecule has 11 heavy (non-hydrogen) atoms. The third kappa shape index (κ3) is 1.54. The Morgan fingerprint density at radius 1 is 1.73 bits per heavy atom. The van der Waals surface area contributed by atoms with Crippen LogP contribution < -0.4 is 0 Å². The number of allylic oxidation sites excluding steroid dienone is 2. The second kappa shape index (κ2) is 2.96. The fourth-order valence-corrected chi connectivity index (χ4v) is 1.09. The molecule has 0 aromatic carbocycles. The van der Waals surface area contributed by atoms with Crippen molar-refractivity contribution in [2.75, 3.05) is 0 Å². The molecule has 0 spiro atoms. The monoisotopic (exact) mass is 218 g/mol. The predicted molar refractivity (Wildman–Crippen MR) is 41.2 cm³/mol. The predicted octanol–water partition coefficient (Wildman–Crippen LogP) is 1.02. The Balaban J connectivity index is 2.96. The van der Waals surface area contributed by atoms with Gasteiger partial charge in [-0.1, -0.05) is 6.08 Å². The van der Waals surface area contributed by atoms with Crippen LogP contribution in [0.5, 0.6) is 0 Å². The first-order valence-electron chi connectivity index (χ1n) is 2.85. The van der Waals surface area contributed by atoms with E-state index in [0.29, 0.717) is 4.76 Å². The lowest BCUT2D eigenvalue weighted by molar-refractivity contribution is -0.496. The van der Waals surface area contributed by atoms with Crippen LogP contribution in [0.1, 0.15) is 0 Å². The number of hydrogen-bond donors (Lipinski definition) is 1. The first kappa shape index (κ1) is 8.13. The highest BCUT2D eigenvalue weighted by molar-refractivity contribution is 9.09. The van der Waals surface area contributed by atoms with Crippen molar-refractivity contribution in [1.29, 1.82) is 0 Å². The summed E-state index contributed by atoms with van der Waals surface area (Å²) in [6.45, 7) is 0. The van der Waals surface area contributed by atoms with E-state index < -0.39 is 10.9 Å². The maximum Gasteiger partial charge on any atom is 0.405 e. The van der Waals surface area contributed by atoms with E-state index in [0.717, 1.165) is 0 Å². The van der Waals surface area contributed by atoms with Crippen LogP contribution in [0.2, 0.25) is 0 Å². The molecule has 58 valence electrons. The molecule has 1 rings (SSSR count). The number of nitroso groups, excluding NO2 is 1. The van der Waals surface area contributed by atoms with Crippen LogP contribution in [0, 0.1) is 4.91 Å². The number of carboxylic acid groups (broad SMARTS) is 1. The molecule has 0 fully saturated rings. The van der Waals surface area contributed by atoms with Crippen molar-refractivity contribution in [3.05, 3.63) is 28.8 Å². The molecule has 0 aromatic heterocycles. The van der Waals surface area contributed by atoms with Gasteiger partial charge in [-0.3, -0.25) is 0 Å². The van der Waals surface area contributed by atoms with Crippen molar-refractivity contribution in [1.82, 2.24) is 0 Å². The standard InChI is InChI=1S/C6H4BrNO3/c7-5-3-1-2-4(6(9)10)8(5)11/h1-3,5H/p+1/t5-/m1/s1. The minimum atomic E-state index is -1.21. The number of carbonyl (C=O) groups is 1. The van der Waals surface area contributed by atoms with E-state index in [1.807, 2.05) is 0 Å². The van der Waals surface area contributed by atoms with Crippen LogP contribution in [0.15, 0.2) is 23.9 Å². The highest BCUT2D eigenvalue weighted by atomic mass is 79.9. The van der Waals surface area contributed by atoms with Gasteiger partial charge in [0.15, 0.2) is 0 Å². The molecular weight excluding hydrogens is 214 g/mol. The van der Waals surface area contributed by atoms with Crippen LogP contribution in [0.3, 0.4) is 0 Å².